The molecule has 26 heavy (non-hydrogen) atoms. The number of carbonyl (C=O) groups excluding carboxylic acids is 1. The van der Waals surface area contributed by atoms with Crippen LogP contribution in [-0.4, -0.2) is 20.4 Å². The molecule has 2 heterocycles. The lowest BCUT2D eigenvalue weighted by Crippen LogP contribution is -2.22. The summed E-state index contributed by atoms with van der Waals surface area (Å²) in [7, 11) is 0. The van der Waals surface area contributed by atoms with Crippen molar-refractivity contribution in [3.63, 3.8) is 0 Å². The lowest BCUT2D eigenvalue weighted by molar-refractivity contribution is -0.115. The molecule has 1 amide bonds. The molecule has 136 valence electrons. The van der Waals surface area contributed by atoms with Gasteiger partial charge in [0.15, 0.2) is 10.3 Å². The highest BCUT2D eigenvalue weighted by Gasteiger charge is 2.18. The second-order valence-electron chi connectivity index (χ2n) is 5.65. The summed E-state index contributed by atoms with van der Waals surface area (Å²) in [6, 6.07) is 7.22. The first kappa shape index (κ1) is 18.9. The van der Waals surface area contributed by atoms with Gasteiger partial charge in [0, 0.05) is 42.0 Å². The van der Waals surface area contributed by atoms with E-state index >= 15 is 0 Å². The number of amides is 1. The molecule has 0 aliphatic carbocycles. The molecule has 1 aromatic carbocycles. The van der Waals surface area contributed by atoms with Gasteiger partial charge in [-0.1, -0.05) is 36.4 Å². The summed E-state index contributed by atoms with van der Waals surface area (Å²) < 4.78 is 2.14. The molecule has 0 bridgehead atoms. The Labute approximate surface area is 166 Å². The number of aryl methyl sites for hydroxylation is 1. The lowest BCUT2D eigenvalue weighted by atomic mass is 10.3. The van der Waals surface area contributed by atoms with Gasteiger partial charge in [-0.25, -0.2) is 9.97 Å². The minimum Gasteiger partial charge on any atom is -0.326 e. The first-order chi connectivity index (χ1) is 12.6. The van der Waals surface area contributed by atoms with Gasteiger partial charge >= 0.3 is 0 Å². The molecule has 0 saturated carbocycles. The molecule has 0 spiro atoms. The predicted molar refractivity (Wildman–Crippen MR) is 108 cm³/mol. The number of imidazole rings is 1. The minimum absolute atomic E-state index is 0.0979. The Balaban J connectivity index is 1.75. The number of thiazole rings is 1. The molecular formula is C18H19ClN4OS2. The van der Waals surface area contributed by atoms with Crippen molar-refractivity contribution in [2.24, 2.45) is 0 Å². The third-order valence-electron chi connectivity index (χ3n) is 3.60. The fourth-order valence-corrected chi connectivity index (χ4v) is 4.55. The molecule has 0 radical (unpaired) electrons. The van der Waals surface area contributed by atoms with Gasteiger partial charge in [-0.3, -0.25) is 9.69 Å². The van der Waals surface area contributed by atoms with Crippen LogP contribution in [0.15, 0.2) is 47.2 Å². The van der Waals surface area contributed by atoms with E-state index in [0.29, 0.717) is 15.9 Å². The molecule has 0 atom stereocenters. The van der Waals surface area contributed by atoms with Crippen LogP contribution in [-0.2, 0) is 17.1 Å². The van der Waals surface area contributed by atoms with Crippen LogP contribution < -0.4 is 4.90 Å². The van der Waals surface area contributed by atoms with Crippen LogP contribution in [0.25, 0.3) is 0 Å². The van der Waals surface area contributed by atoms with E-state index in [2.05, 4.69) is 21.5 Å². The van der Waals surface area contributed by atoms with Crippen molar-refractivity contribution in [1.82, 2.24) is 14.5 Å². The molecule has 5 nitrogen and oxygen atoms in total. The van der Waals surface area contributed by atoms with Crippen LogP contribution >= 0.6 is 34.7 Å². The quantitative estimate of drug-likeness (QED) is 0.494. The van der Waals surface area contributed by atoms with E-state index in [0.717, 1.165) is 29.5 Å². The molecule has 0 aliphatic heterocycles. The van der Waals surface area contributed by atoms with Gasteiger partial charge in [-0.2, -0.15) is 0 Å². The monoisotopic (exact) mass is 406 g/mol. The average Bonchev–Trinajstić information content (AvgIpc) is 3.23. The smallest absolute Gasteiger partial charge is 0.230 e. The normalized spacial score (nSPS) is 10.9. The molecule has 3 rings (SSSR count). The Hall–Kier alpha value is -1.83. The van der Waals surface area contributed by atoms with E-state index < -0.39 is 0 Å². The zero-order valence-corrected chi connectivity index (χ0v) is 16.9. The number of aromatic nitrogens is 3. The first-order valence-electron chi connectivity index (χ1n) is 8.23. The Morgan fingerprint density at radius 2 is 2.27 bits per heavy atom. The molecule has 2 aromatic heterocycles. The SMILES string of the molecule is CCCn1ccnc1SCc1csc(N(C(C)=O)c2cccc(Cl)c2)n1. The van der Waals surface area contributed by atoms with Crippen LogP contribution in [0.1, 0.15) is 26.0 Å². The molecule has 0 saturated heterocycles. The molecule has 0 fully saturated rings. The maximum Gasteiger partial charge on any atom is 0.230 e. The van der Waals surface area contributed by atoms with Crippen molar-refractivity contribution in [1.29, 1.82) is 0 Å². The van der Waals surface area contributed by atoms with Gasteiger partial charge in [0.2, 0.25) is 5.91 Å². The standard InChI is InChI=1S/C18H19ClN4OS2/c1-3-8-22-9-7-20-17(22)25-11-15-12-26-18(21-15)23(13(2)24)16-6-4-5-14(19)10-16/h4-7,9-10,12H,3,8,11H2,1-2H3. The van der Waals surface area contributed by atoms with E-state index in [4.69, 9.17) is 11.6 Å². The highest BCUT2D eigenvalue weighted by molar-refractivity contribution is 7.98. The van der Waals surface area contributed by atoms with Crippen molar-refractivity contribution < 1.29 is 4.79 Å². The van der Waals surface area contributed by atoms with Gasteiger partial charge < -0.3 is 4.57 Å². The van der Waals surface area contributed by atoms with Gasteiger partial charge in [0.25, 0.3) is 0 Å². The molecule has 0 unspecified atom stereocenters. The first-order valence-corrected chi connectivity index (χ1v) is 10.5. The van der Waals surface area contributed by atoms with E-state index in [9.17, 15) is 4.79 Å². The van der Waals surface area contributed by atoms with Crippen LogP contribution in [0.3, 0.4) is 0 Å². The second kappa shape index (κ2) is 8.70. The summed E-state index contributed by atoms with van der Waals surface area (Å²) in [5.74, 6) is 0.609. The summed E-state index contributed by atoms with van der Waals surface area (Å²) in [4.78, 5) is 22.8. The molecular weight excluding hydrogens is 388 g/mol. The maximum absolute atomic E-state index is 12.2. The number of carbonyl (C=O) groups is 1. The van der Waals surface area contributed by atoms with Crippen LogP contribution in [0.4, 0.5) is 10.8 Å². The van der Waals surface area contributed by atoms with Gasteiger partial charge in [0.05, 0.1) is 11.4 Å². The number of nitrogens with zero attached hydrogens (tertiary/aromatic N) is 4. The van der Waals surface area contributed by atoms with Crippen LogP contribution in [0, 0.1) is 0 Å². The fraction of sp³-hybridized carbons (Fsp3) is 0.278. The largest absolute Gasteiger partial charge is 0.326 e. The summed E-state index contributed by atoms with van der Waals surface area (Å²) in [6.45, 7) is 4.63. The Kier molecular flexibility index (Phi) is 6.34. The fourth-order valence-electron chi connectivity index (χ4n) is 2.49. The van der Waals surface area contributed by atoms with Crippen molar-refractivity contribution in [3.8, 4) is 0 Å². The summed E-state index contributed by atoms with van der Waals surface area (Å²) in [5.41, 5.74) is 1.64. The van der Waals surface area contributed by atoms with E-state index in [-0.39, 0.29) is 5.91 Å². The van der Waals surface area contributed by atoms with Crippen molar-refractivity contribution in [3.05, 3.63) is 52.8 Å². The second-order valence-corrected chi connectivity index (χ2v) is 7.86. The third kappa shape index (κ3) is 4.47. The van der Waals surface area contributed by atoms with Gasteiger partial charge in [0.1, 0.15) is 0 Å². The van der Waals surface area contributed by atoms with E-state index in [1.54, 1.807) is 28.8 Å². The Bertz CT molecular complexity index is 893. The number of anilines is 2. The van der Waals surface area contributed by atoms with Gasteiger partial charge in [-0.15, -0.1) is 11.3 Å². The summed E-state index contributed by atoms with van der Waals surface area (Å²) >= 11 is 9.16. The summed E-state index contributed by atoms with van der Waals surface area (Å²) in [5, 5.41) is 4.20. The highest BCUT2D eigenvalue weighted by Crippen LogP contribution is 2.32. The number of thioether (sulfide) groups is 1. The minimum atomic E-state index is -0.0979. The van der Waals surface area contributed by atoms with E-state index in [1.807, 2.05) is 29.9 Å². The third-order valence-corrected chi connectivity index (χ3v) is 5.75. The maximum atomic E-state index is 12.2. The molecule has 0 N–H and O–H groups in total. The number of rotatable bonds is 7. The number of halogens is 1. The van der Waals surface area contributed by atoms with Gasteiger partial charge in [-0.05, 0) is 24.6 Å². The lowest BCUT2D eigenvalue weighted by Gasteiger charge is -2.18. The summed E-state index contributed by atoms with van der Waals surface area (Å²) in [6.07, 6.45) is 4.88. The average molecular weight is 407 g/mol. The van der Waals surface area contributed by atoms with Crippen molar-refractivity contribution >= 4 is 51.4 Å². The molecule has 0 aliphatic rings. The molecule has 3 aromatic rings. The topological polar surface area (TPSA) is 51.0 Å². The van der Waals surface area contributed by atoms with E-state index in [1.165, 1.54) is 18.3 Å². The van der Waals surface area contributed by atoms with Crippen LogP contribution in [0.2, 0.25) is 5.02 Å². The number of benzene rings is 1. The Morgan fingerprint density at radius 1 is 1.42 bits per heavy atom. The highest BCUT2D eigenvalue weighted by atomic mass is 35.5. The predicted octanol–water partition coefficient (Wildman–Crippen LogP) is 5.38. The van der Waals surface area contributed by atoms with Crippen molar-refractivity contribution in [2.45, 2.75) is 37.7 Å². The Morgan fingerprint density at radius 3 is 3.00 bits per heavy atom. The van der Waals surface area contributed by atoms with Crippen molar-refractivity contribution in [2.75, 3.05) is 4.90 Å². The molecule has 8 heteroatoms. The zero-order chi connectivity index (χ0) is 18.5. The number of hydrogen-bond acceptors (Lipinski definition) is 5. The van der Waals surface area contributed by atoms with Crippen LogP contribution in [0.5, 0.6) is 0 Å². The number of hydrogen-bond donors (Lipinski definition) is 0. The zero-order valence-electron chi connectivity index (χ0n) is 14.6.